The first-order valence-corrected chi connectivity index (χ1v) is 10.6. The van der Waals surface area contributed by atoms with Crippen LogP contribution >= 0.6 is 23.5 Å². The lowest BCUT2D eigenvalue weighted by Crippen LogP contribution is -2.21. The van der Waals surface area contributed by atoms with Gasteiger partial charge in [-0.05, 0) is 43.7 Å². The first kappa shape index (κ1) is 17.0. The number of ether oxygens (including phenoxy) is 1. The van der Waals surface area contributed by atoms with E-state index < -0.39 is 0 Å². The van der Waals surface area contributed by atoms with E-state index in [4.69, 9.17) is 9.73 Å². The molecule has 0 unspecified atom stereocenters. The topological polar surface area (TPSA) is 59.4 Å². The standard InChI is InChI=1S/C18H21N3O2S2/c1-11-19-17-15(16(25-11)12-3-5-14(24-2)6-4-12)18(22)20-21(17)13-7-9-23-10-8-13/h3-6,13,16H,7-10H2,1-2H3,(H,20,22)/t16-/m1/s1. The van der Waals surface area contributed by atoms with Crippen LogP contribution in [0.15, 0.2) is 38.9 Å². The highest BCUT2D eigenvalue weighted by Gasteiger charge is 2.32. The minimum absolute atomic E-state index is 0.00625. The minimum Gasteiger partial charge on any atom is -0.381 e. The fourth-order valence-corrected chi connectivity index (χ4v) is 4.94. The summed E-state index contributed by atoms with van der Waals surface area (Å²) in [5.74, 6) is 0.798. The van der Waals surface area contributed by atoms with Gasteiger partial charge in [-0.25, -0.2) is 4.99 Å². The Hall–Kier alpha value is -1.44. The van der Waals surface area contributed by atoms with E-state index in [1.54, 1.807) is 23.5 Å². The number of hydrogen-bond acceptors (Lipinski definition) is 5. The lowest BCUT2D eigenvalue weighted by atomic mass is 10.1. The molecule has 2 aromatic rings. The van der Waals surface area contributed by atoms with Crippen LogP contribution in [0.5, 0.6) is 0 Å². The van der Waals surface area contributed by atoms with Crippen molar-refractivity contribution in [1.29, 1.82) is 0 Å². The fraction of sp³-hybridized carbons (Fsp3) is 0.444. The molecule has 1 fully saturated rings. The van der Waals surface area contributed by atoms with Crippen molar-refractivity contribution in [3.05, 3.63) is 45.7 Å². The average Bonchev–Trinajstić information content (AvgIpc) is 2.98. The van der Waals surface area contributed by atoms with Gasteiger partial charge in [0.2, 0.25) is 0 Å². The molecule has 1 N–H and O–H groups in total. The molecule has 1 saturated heterocycles. The van der Waals surface area contributed by atoms with Gasteiger partial charge in [0.1, 0.15) is 0 Å². The number of nitrogens with one attached hydrogen (secondary N) is 1. The molecule has 25 heavy (non-hydrogen) atoms. The predicted molar refractivity (Wildman–Crippen MR) is 105 cm³/mol. The summed E-state index contributed by atoms with van der Waals surface area (Å²) in [4.78, 5) is 18.7. The first-order valence-electron chi connectivity index (χ1n) is 8.45. The number of rotatable bonds is 3. The largest absolute Gasteiger partial charge is 0.381 e. The van der Waals surface area contributed by atoms with Crippen LogP contribution in [0, 0.1) is 0 Å². The molecule has 4 rings (SSSR count). The quantitative estimate of drug-likeness (QED) is 0.819. The van der Waals surface area contributed by atoms with Crippen molar-refractivity contribution in [2.75, 3.05) is 19.5 Å². The molecule has 1 aromatic carbocycles. The Labute approximate surface area is 155 Å². The zero-order valence-corrected chi connectivity index (χ0v) is 16.0. The van der Waals surface area contributed by atoms with Crippen molar-refractivity contribution in [1.82, 2.24) is 9.78 Å². The lowest BCUT2D eigenvalue weighted by molar-refractivity contribution is 0.0666. The van der Waals surface area contributed by atoms with Crippen LogP contribution in [-0.2, 0) is 4.74 Å². The molecule has 1 atom stereocenters. The molecule has 5 nitrogen and oxygen atoms in total. The summed E-state index contributed by atoms with van der Waals surface area (Å²) in [6.45, 7) is 3.48. The molecule has 0 spiro atoms. The molecule has 7 heteroatoms. The highest BCUT2D eigenvalue weighted by molar-refractivity contribution is 8.14. The fourth-order valence-electron chi connectivity index (χ4n) is 3.43. The maximum absolute atomic E-state index is 12.7. The van der Waals surface area contributed by atoms with Crippen molar-refractivity contribution >= 4 is 34.4 Å². The van der Waals surface area contributed by atoms with Gasteiger partial charge < -0.3 is 4.74 Å². The predicted octanol–water partition coefficient (Wildman–Crippen LogP) is 4.14. The van der Waals surface area contributed by atoms with Crippen LogP contribution in [0.3, 0.4) is 0 Å². The monoisotopic (exact) mass is 375 g/mol. The molecule has 0 aliphatic carbocycles. The summed E-state index contributed by atoms with van der Waals surface area (Å²) in [5, 5.41) is 4.03. The third kappa shape index (κ3) is 3.20. The van der Waals surface area contributed by atoms with Gasteiger partial charge in [0.15, 0.2) is 5.82 Å². The molecule has 2 aliphatic heterocycles. The maximum Gasteiger partial charge on any atom is 0.271 e. The Kier molecular flexibility index (Phi) is 4.80. The van der Waals surface area contributed by atoms with E-state index in [0.717, 1.165) is 48.0 Å². The molecule has 0 bridgehead atoms. The van der Waals surface area contributed by atoms with Crippen molar-refractivity contribution in [3.8, 4) is 0 Å². The summed E-state index contributed by atoms with van der Waals surface area (Å²) < 4.78 is 7.44. The number of fused-ring (bicyclic) bond motifs is 1. The molecule has 0 saturated carbocycles. The Bertz CT molecular complexity index is 848. The summed E-state index contributed by atoms with van der Waals surface area (Å²) in [7, 11) is 0. The van der Waals surface area contributed by atoms with Gasteiger partial charge in [-0.1, -0.05) is 23.9 Å². The molecular weight excluding hydrogens is 354 g/mol. The van der Waals surface area contributed by atoms with Crippen LogP contribution in [0.25, 0.3) is 0 Å². The second kappa shape index (κ2) is 7.05. The molecule has 2 aliphatic rings. The number of nitrogens with zero attached hydrogens (tertiary/aromatic N) is 2. The molecule has 3 heterocycles. The molecule has 132 valence electrons. The van der Waals surface area contributed by atoms with Crippen molar-refractivity contribution in [2.45, 2.75) is 36.0 Å². The zero-order valence-electron chi connectivity index (χ0n) is 14.3. The Morgan fingerprint density at radius 3 is 2.68 bits per heavy atom. The van der Waals surface area contributed by atoms with Gasteiger partial charge in [-0.3, -0.25) is 14.6 Å². The number of aliphatic imine (C=N–C) groups is 1. The Balaban J connectivity index is 1.77. The van der Waals surface area contributed by atoms with E-state index in [2.05, 4.69) is 35.6 Å². The SMILES string of the molecule is CSc1ccc([C@H]2SC(C)=Nc3c2c(=O)[nH]n3C2CCOCC2)cc1. The lowest BCUT2D eigenvalue weighted by Gasteiger charge is -2.26. The van der Waals surface area contributed by atoms with Gasteiger partial charge in [-0.2, -0.15) is 0 Å². The van der Waals surface area contributed by atoms with Gasteiger partial charge in [0, 0.05) is 18.1 Å². The van der Waals surface area contributed by atoms with E-state index in [1.807, 2.05) is 11.6 Å². The van der Waals surface area contributed by atoms with E-state index in [-0.39, 0.29) is 16.9 Å². The molecule has 0 radical (unpaired) electrons. The van der Waals surface area contributed by atoms with Crippen molar-refractivity contribution < 1.29 is 4.74 Å². The smallest absolute Gasteiger partial charge is 0.271 e. The van der Waals surface area contributed by atoms with E-state index in [0.29, 0.717) is 0 Å². The Morgan fingerprint density at radius 1 is 1.28 bits per heavy atom. The summed E-state index contributed by atoms with van der Waals surface area (Å²) in [6.07, 6.45) is 3.88. The number of aromatic amines is 1. The van der Waals surface area contributed by atoms with Crippen LogP contribution < -0.4 is 5.56 Å². The summed E-state index contributed by atoms with van der Waals surface area (Å²) >= 11 is 3.38. The minimum atomic E-state index is -0.0239. The Morgan fingerprint density at radius 2 is 2.00 bits per heavy atom. The molecule has 0 amide bonds. The zero-order chi connectivity index (χ0) is 17.4. The number of hydrogen-bond donors (Lipinski definition) is 1. The number of H-pyrrole nitrogens is 1. The number of benzene rings is 1. The summed E-state index contributed by atoms with van der Waals surface area (Å²) in [5.41, 5.74) is 1.90. The number of aromatic nitrogens is 2. The molecule has 1 aromatic heterocycles. The van der Waals surface area contributed by atoms with Crippen LogP contribution in [-0.4, -0.2) is 34.3 Å². The third-order valence-electron chi connectivity index (χ3n) is 4.72. The van der Waals surface area contributed by atoms with Crippen molar-refractivity contribution in [3.63, 3.8) is 0 Å². The van der Waals surface area contributed by atoms with Gasteiger partial charge in [0.25, 0.3) is 5.56 Å². The number of thioether (sulfide) groups is 2. The maximum atomic E-state index is 12.7. The van der Waals surface area contributed by atoms with Crippen LogP contribution in [0.4, 0.5) is 5.82 Å². The highest BCUT2D eigenvalue weighted by Crippen LogP contribution is 2.44. The van der Waals surface area contributed by atoms with Crippen LogP contribution in [0.1, 0.15) is 42.2 Å². The van der Waals surface area contributed by atoms with E-state index >= 15 is 0 Å². The third-order valence-corrected chi connectivity index (χ3v) is 6.64. The van der Waals surface area contributed by atoms with Gasteiger partial charge >= 0.3 is 0 Å². The average molecular weight is 376 g/mol. The van der Waals surface area contributed by atoms with Gasteiger partial charge in [-0.15, -0.1) is 11.8 Å². The van der Waals surface area contributed by atoms with E-state index in [9.17, 15) is 4.79 Å². The highest BCUT2D eigenvalue weighted by atomic mass is 32.2. The molecular formula is C18H21N3O2S2. The van der Waals surface area contributed by atoms with Crippen molar-refractivity contribution in [2.24, 2.45) is 4.99 Å². The second-order valence-corrected chi connectivity index (χ2v) is 8.47. The van der Waals surface area contributed by atoms with E-state index in [1.165, 1.54) is 4.90 Å². The van der Waals surface area contributed by atoms with Crippen LogP contribution in [0.2, 0.25) is 0 Å². The first-order chi connectivity index (χ1) is 12.2. The normalized spacial score (nSPS) is 21.0. The summed E-state index contributed by atoms with van der Waals surface area (Å²) in [6, 6.07) is 8.73. The van der Waals surface area contributed by atoms with Gasteiger partial charge in [0.05, 0.1) is 21.9 Å². The second-order valence-electron chi connectivity index (χ2n) is 6.29.